The molecule has 0 aromatic carbocycles. The van der Waals surface area contributed by atoms with E-state index in [-0.39, 0.29) is 0 Å². The van der Waals surface area contributed by atoms with Crippen molar-refractivity contribution in [3.8, 4) is 0 Å². The maximum atomic E-state index is 2.44. The third-order valence-electron chi connectivity index (χ3n) is 6.48. The zero-order valence-corrected chi connectivity index (χ0v) is 19.0. The van der Waals surface area contributed by atoms with Gasteiger partial charge in [-0.1, -0.05) is 131 Å². The van der Waals surface area contributed by atoms with Gasteiger partial charge < -0.3 is 0 Å². The second-order valence-electron chi connectivity index (χ2n) is 9.61. The summed E-state index contributed by atoms with van der Waals surface area (Å²) in [7, 11) is 0. The molecule has 25 heavy (non-hydrogen) atoms. The zero-order chi connectivity index (χ0) is 19.0. The molecule has 0 saturated heterocycles. The van der Waals surface area contributed by atoms with Crippen LogP contribution in [0.3, 0.4) is 0 Å². The molecule has 0 nitrogen and oxygen atoms in total. The van der Waals surface area contributed by atoms with Gasteiger partial charge in [0.2, 0.25) is 0 Å². The summed E-state index contributed by atoms with van der Waals surface area (Å²) in [5, 5.41) is 0. The third kappa shape index (κ3) is 14.8. The highest BCUT2D eigenvalue weighted by molar-refractivity contribution is 4.76. The second kappa shape index (κ2) is 16.2. The van der Waals surface area contributed by atoms with E-state index in [1.54, 1.807) is 0 Å². The molecule has 0 radical (unpaired) electrons. The number of rotatable bonds is 18. The molecular weight excluding hydrogens is 300 g/mol. The molecular formula is C25H52. The summed E-state index contributed by atoms with van der Waals surface area (Å²) in [5.41, 5.74) is 0.663. The van der Waals surface area contributed by atoms with E-state index in [2.05, 4.69) is 41.5 Å². The van der Waals surface area contributed by atoms with E-state index in [4.69, 9.17) is 0 Å². The summed E-state index contributed by atoms with van der Waals surface area (Å²) in [5.74, 6) is 1.77. The average molecular weight is 353 g/mol. The van der Waals surface area contributed by atoms with Gasteiger partial charge in [-0.05, 0) is 30.1 Å². The van der Waals surface area contributed by atoms with Gasteiger partial charge in [-0.15, -0.1) is 0 Å². The molecule has 0 bridgehead atoms. The topological polar surface area (TPSA) is 0 Å². The van der Waals surface area contributed by atoms with Gasteiger partial charge in [0.25, 0.3) is 0 Å². The lowest BCUT2D eigenvalue weighted by Gasteiger charge is -2.32. The Bertz CT molecular complexity index is 235. The predicted octanol–water partition coefficient (Wildman–Crippen LogP) is 9.57. The fourth-order valence-electron chi connectivity index (χ4n) is 4.25. The first-order valence-electron chi connectivity index (χ1n) is 12.0. The predicted molar refractivity (Wildman–Crippen MR) is 117 cm³/mol. The van der Waals surface area contributed by atoms with E-state index in [0.29, 0.717) is 5.41 Å². The van der Waals surface area contributed by atoms with E-state index in [1.807, 2.05) is 0 Å². The Balaban J connectivity index is 3.77. The van der Waals surface area contributed by atoms with Crippen LogP contribution < -0.4 is 0 Å². The van der Waals surface area contributed by atoms with Crippen LogP contribution in [0.2, 0.25) is 0 Å². The van der Waals surface area contributed by atoms with Gasteiger partial charge >= 0.3 is 0 Å². The van der Waals surface area contributed by atoms with Crippen LogP contribution in [-0.2, 0) is 0 Å². The quantitative estimate of drug-likeness (QED) is 0.215. The van der Waals surface area contributed by atoms with E-state index in [0.717, 1.165) is 11.8 Å². The highest BCUT2D eigenvalue weighted by atomic mass is 14.3. The summed E-state index contributed by atoms with van der Waals surface area (Å²) < 4.78 is 0. The molecule has 0 aromatic rings. The van der Waals surface area contributed by atoms with Gasteiger partial charge in [-0.2, -0.15) is 0 Å². The molecule has 0 aliphatic heterocycles. The molecule has 152 valence electrons. The Morgan fingerprint density at radius 2 is 0.800 bits per heavy atom. The van der Waals surface area contributed by atoms with Crippen molar-refractivity contribution in [3.63, 3.8) is 0 Å². The van der Waals surface area contributed by atoms with Crippen LogP contribution in [0.1, 0.15) is 144 Å². The van der Waals surface area contributed by atoms with Gasteiger partial charge in [-0.25, -0.2) is 0 Å². The van der Waals surface area contributed by atoms with E-state index < -0.39 is 0 Å². The first kappa shape index (κ1) is 25.0. The lowest BCUT2D eigenvalue weighted by Crippen LogP contribution is -2.18. The van der Waals surface area contributed by atoms with E-state index in [1.165, 1.54) is 103 Å². The molecule has 0 unspecified atom stereocenters. The fraction of sp³-hybridized carbons (Fsp3) is 1.00. The van der Waals surface area contributed by atoms with Crippen molar-refractivity contribution in [1.82, 2.24) is 0 Å². The first-order chi connectivity index (χ1) is 12.0. The van der Waals surface area contributed by atoms with Crippen molar-refractivity contribution in [2.45, 2.75) is 144 Å². The SMILES string of the molecule is CCC(CC)(CCCCCCCC(C)C)CCCCCCCC(C)C. The maximum absolute atomic E-state index is 2.44. The molecule has 0 heteroatoms. The molecule has 0 spiro atoms. The van der Waals surface area contributed by atoms with Crippen LogP contribution in [0.5, 0.6) is 0 Å². The minimum absolute atomic E-state index is 0.663. The van der Waals surface area contributed by atoms with Crippen molar-refractivity contribution in [2.24, 2.45) is 17.3 Å². The number of hydrogen-bond acceptors (Lipinski definition) is 0. The summed E-state index contributed by atoms with van der Waals surface area (Å²) in [6.45, 7) is 14.3. The largest absolute Gasteiger partial charge is 0.0649 e. The maximum Gasteiger partial charge on any atom is -0.0303 e. The Hall–Kier alpha value is 0. The molecule has 0 atom stereocenters. The number of unbranched alkanes of at least 4 members (excludes halogenated alkanes) is 8. The lowest BCUT2D eigenvalue weighted by atomic mass is 9.74. The molecule has 0 amide bonds. The van der Waals surface area contributed by atoms with Gasteiger partial charge in [0.15, 0.2) is 0 Å². The van der Waals surface area contributed by atoms with Crippen molar-refractivity contribution < 1.29 is 0 Å². The minimum atomic E-state index is 0.663. The molecule has 0 N–H and O–H groups in total. The standard InChI is InChI=1S/C25H52/c1-7-25(8-2,21-17-13-9-11-15-19-23(3)4)22-18-14-10-12-16-20-24(5)6/h23-24H,7-22H2,1-6H3. The lowest BCUT2D eigenvalue weighted by molar-refractivity contribution is 0.202. The summed E-state index contributed by atoms with van der Waals surface area (Å²) in [4.78, 5) is 0. The molecule has 0 saturated carbocycles. The fourth-order valence-corrected chi connectivity index (χ4v) is 4.25. The highest BCUT2D eigenvalue weighted by Gasteiger charge is 2.24. The van der Waals surface area contributed by atoms with Crippen molar-refractivity contribution >= 4 is 0 Å². The minimum Gasteiger partial charge on any atom is -0.0649 e. The monoisotopic (exact) mass is 352 g/mol. The Kier molecular flexibility index (Phi) is 16.2. The van der Waals surface area contributed by atoms with Crippen LogP contribution in [0.25, 0.3) is 0 Å². The zero-order valence-electron chi connectivity index (χ0n) is 19.0. The average Bonchev–Trinajstić information content (AvgIpc) is 2.58. The third-order valence-corrected chi connectivity index (χ3v) is 6.48. The Labute approximate surface area is 161 Å². The van der Waals surface area contributed by atoms with E-state index >= 15 is 0 Å². The molecule has 0 aromatic heterocycles. The van der Waals surface area contributed by atoms with Crippen molar-refractivity contribution in [1.29, 1.82) is 0 Å². The first-order valence-corrected chi connectivity index (χ1v) is 12.0. The highest BCUT2D eigenvalue weighted by Crippen LogP contribution is 2.38. The van der Waals surface area contributed by atoms with Crippen molar-refractivity contribution in [3.05, 3.63) is 0 Å². The smallest absolute Gasteiger partial charge is 0.0303 e. The molecule has 0 fully saturated rings. The normalized spacial score (nSPS) is 12.5. The van der Waals surface area contributed by atoms with E-state index in [9.17, 15) is 0 Å². The number of hydrogen-bond donors (Lipinski definition) is 0. The van der Waals surface area contributed by atoms with Crippen molar-refractivity contribution in [2.75, 3.05) is 0 Å². The van der Waals surface area contributed by atoms with Crippen LogP contribution >= 0.6 is 0 Å². The van der Waals surface area contributed by atoms with Gasteiger partial charge in [-0.3, -0.25) is 0 Å². The van der Waals surface area contributed by atoms with Crippen LogP contribution in [0.4, 0.5) is 0 Å². The molecule has 0 aliphatic rings. The summed E-state index contributed by atoms with van der Waals surface area (Å²) >= 11 is 0. The summed E-state index contributed by atoms with van der Waals surface area (Å²) in [6.07, 6.45) is 23.2. The van der Waals surface area contributed by atoms with Crippen LogP contribution in [0.15, 0.2) is 0 Å². The Morgan fingerprint density at radius 1 is 0.480 bits per heavy atom. The van der Waals surface area contributed by atoms with Gasteiger partial charge in [0, 0.05) is 0 Å². The van der Waals surface area contributed by atoms with Crippen LogP contribution in [-0.4, -0.2) is 0 Å². The van der Waals surface area contributed by atoms with Gasteiger partial charge in [0.1, 0.15) is 0 Å². The van der Waals surface area contributed by atoms with Gasteiger partial charge in [0.05, 0.1) is 0 Å². The molecule has 0 heterocycles. The Morgan fingerprint density at radius 3 is 1.12 bits per heavy atom. The summed E-state index contributed by atoms with van der Waals surface area (Å²) in [6, 6.07) is 0. The second-order valence-corrected chi connectivity index (χ2v) is 9.61. The molecule has 0 aliphatic carbocycles. The van der Waals surface area contributed by atoms with Crippen LogP contribution in [0, 0.1) is 17.3 Å². The molecule has 0 rings (SSSR count).